The van der Waals surface area contributed by atoms with Gasteiger partial charge >= 0.3 is 0 Å². The lowest BCUT2D eigenvalue weighted by molar-refractivity contribution is 0.687. The minimum atomic E-state index is 0.586. The summed E-state index contributed by atoms with van der Waals surface area (Å²) in [4.78, 5) is 8.45. The number of para-hydroxylation sites is 1. The summed E-state index contributed by atoms with van der Waals surface area (Å²) in [5.41, 5.74) is 2.26. The van der Waals surface area contributed by atoms with E-state index in [9.17, 15) is 0 Å². The Labute approximate surface area is 114 Å². The minimum absolute atomic E-state index is 0.586. The molecule has 100 valence electrons. The Morgan fingerprint density at radius 3 is 2.58 bits per heavy atom. The van der Waals surface area contributed by atoms with Crippen molar-refractivity contribution in [3.63, 3.8) is 0 Å². The molecule has 0 fully saturated rings. The van der Waals surface area contributed by atoms with Crippen molar-refractivity contribution in [1.82, 2.24) is 9.97 Å². The molecule has 19 heavy (non-hydrogen) atoms. The van der Waals surface area contributed by atoms with E-state index >= 15 is 0 Å². The smallest absolute Gasteiger partial charge is 0.135 e. The SMILES string of the molecule is Cc1ccccc1Nc1cc(NCC(C)C)ncn1. The topological polar surface area (TPSA) is 49.8 Å². The molecule has 0 amide bonds. The van der Waals surface area contributed by atoms with Gasteiger partial charge in [0.15, 0.2) is 0 Å². The largest absolute Gasteiger partial charge is 0.370 e. The highest BCUT2D eigenvalue weighted by atomic mass is 15.1. The molecule has 0 atom stereocenters. The van der Waals surface area contributed by atoms with Crippen molar-refractivity contribution in [3.05, 3.63) is 42.2 Å². The molecular weight excluding hydrogens is 236 g/mol. The van der Waals surface area contributed by atoms with Crippen LogP contribution in [0.1, 0.15) is 19.4 Å². The molecule has 0 bridgehead atoms. The van der Waals surface area contributed by atoms with E-state index < -0.39 is 0 Å². The monoisotopic (exact) mass is 256 g/mol. The van der Waals surface area contributed by atoms with Gasteiger partial charge in [0.25, 0.3) is 0 Å². The van der Waals surface area contributed by atoms with Crippen LogP contribution in [-0.2, 0) is 0 Å². The molecule has 0 aliphatic heterocycles. The molecule has 4 heteroatoms. The van der Waals surface area contributed by atoms with Gasteiger partial charge in [0.1, 0.15) is 18.0 Å². The van der Waals surface area contributed by atoms with E-state index in [1.165, 1.54) is 5.56 Å². The van der Waals surface area contributed by atoms with Crippen LogP contribution < -0.4 is 10.6 Å². The summed E-state index contributed by atoms with van der Waals surface area (Å²) < 4.78 is 0. The molecule has 0 aliphatic rings. The van der Waals surface area contributed by atoms with Crippen LogP contribution in [0.4, 0.5) is 17.3 Å². The number of aromatic nitrogens is 2. The van der Waals surface area contributed by atoms with E-state index in [-0.39, 0.29) is 0 Å². The first-order chi connectivity index (χ1) is 9.15. The number of hydrogen-bond donors (Lipinski definition) is 2. The predicted molar refractivity (Wildman–Crippen MR) is 79.8 cm³/mol. The number of rotatable bonds is 5. The third-order valence-corrected chi connectivity index (χ3v) is 2.77. The summed E-state index contributed by atoms with van der Waals surface area (Å²) >= 11 is 0. The first-order valence-electron chi connectivity index (χ1n) is 6.53. The normalized spacial score (nSPS) is 10.5. The first kappa shape index (κ1) is 13.3. The van der Waals surface area contributed by atoms with E-state index in [4.69, 9.17) is 0 Å². The standard InChI is InChI=1S/C15H20N4/c1-11(2)9-16-14-8-15(18-10-17-14)19-13-7-5-4-6-12(13)3/h4-8,10-11H,9H2,1-3H3,(H2,16,17,18,19). The summed E-state index contributed by atoms with van der Waals surface area (Å²) in [6.45, 7) is 7.31. The van der Waals surface area contributed by atoms with Gasteiger partial charge in [-0.15, -0.1) is 0 Å². The van der Waals surface area contributed by atoms with Gasteiger partial charge in [0.2, 0.25) is 0 Å². The Balaban J connectivity index is 2.09. The van der Waals surface area contributed by atoms with Gasteiger partial charge in [-0.25, -0.2) is 9.97 Å². The Morgan fingerprint density at radius 1 is 1.11 bits per heavy atom. The molecule has 0 spiro atoms. The second-order valence-electron chi connectivity index (χ2n) is 5.00. The zero-order chi connectivity index (χ0) is 13.7. The van der Waals surface area contributed by atoms with Crippen molar-refractivity contribution in [1.29, 1.82) is 0 Å². The fourth-order valence-electron chi connectivity index (χ4n) is 1.68. The second-order valence-corrected chi connectivity index (χ2v) is 5.00. The Bertz CT molecular complexity index is 537. The van der Waals surface area contributed by atoms with Crippen LogP contribution in [0.15, 0.2) is 36.7 Å². The second kappa shape index (κ2) is 6.18. The molecule has 0 unspecified atom stereocenters. The number of nitrogens with zero attached hydrogens (tertiary/aromatic N) is 2. The van der Waals surface area contributed by atoms with Crippen LogP contribution in [0, 0.1) is 12.8 Å². The number of nitrogens with one attached hydrogen (secondary N) is 2. The van der Waals surface area contributed by atoms with Gasteiger partial charge in [-0.3, -0.25) is 0 Å². The molecule has 0 saturated heterocycles. The molecule has 2 aromatic rings. The predicted octanol–water partition coefficient (Wildman–Crippen LogP) is 3.60. The minimum Gasteiger partial charge on any atom is -0.370 e. The van der Waals surface area contributed by atoms with Gasteiger partial charge in [0.05, 0.1) is 0 Å². The molecule has 1 aromatic carbocycles. The highest BCUT2D eigenvalue weighted by Crippen LogP contribution is 2.19. The average Bonchev–Trinajstić information content (AvgIpc) is 2.40. The number of aryl methyl sites for hydroxylation is 1. The molecule has 2 N–H and O–H groups in total. The number of anilines is 3. The maximum Gasteiger partial charge on any atom is 0.135 e. The van der Waals surface area contributed by atoms with Crippen molar-refractivity contribution in [2.75, 3.05) is 17.2 Å². The summed E-state index contributed by atoms with van der Waals surface area (Å²) in [5, 5.41) is 6.60. The lowest BCUT2D eigenvalue weighted by atomic mass is 10.2. The van der Waals surface area contributed by atoms with E-state index in [1.54, 1.807) is 6.33 Å². The van der Waals surface area contributed by atoms with Gasteiger partial charge < -0.3 is 10.6 Å². The quantitative estimate of drug-likeness (QED) is 0.858. The zero-order valence-corrected chi connectivity index (χ0v) is 11.6. The third-order valence-electron chi connectivity index (χ3n) is 2.77. The average molecular weight is 256 g/mol. The van der Waals surface area contributed by atoms with Crippen LogP contribution in [0.2, 0.25) is 0 Å². The number of hydrogen-bond acceptors (Lipinski definition) is 4. The number of benzene rings is 1. The van der Waals surface area contributed by atoms with Crippen LogP contribution in [0.25, 0.3) is 0 Å². The Morgan fingerprint density at radius 2 is 1.84 bits per heavy atom. The fourth-order valence-corrected chi connectivity index (χ4v) is 1.68. The van der Waals surface area contributed by atoms with Crippen LogP contribution in [0.5, 0.6) is 0 Å². The van der Waals surface area contributed by atoms with Crippen LogP contribution >= 0.6 is 0 Å². The summed E-state index contributed by atoms with van der Waals surface area (Å²) in [7, 11) is 0. The molecule has 0 saturated carbocycles. The fraction of sp³-hybridized carbons (Fsp3) is 0.333. The summed E-state index contributed by atoms with van der Waals surface area (Å²) in [5.74, 6) is 2.23. The summed E-state index contributed by atoms with van der Waals surface area (Å²) in [6, 6.07) is 10.1. The Hall–Kier alpha value is -2.10. The Kier molecular flexibility index (Phi) is 4.34. The molecule has 1 heterocycles. The van der Waals surface area contributed by atoms with Crippen molar-refractivity contribution >= 4 is 17.3 Å². The first-order valence-corrected chi connectivity index (χ1v) is 6.53. The van der Waals surface area contributed by atoms with Gasteiger partial charge in [0, 0.05) is 18.3 Å². The maximum absolute atomic E-state index is 4.24. The van der Waals surface area contributed by atoms with Crippen LogP contribution in [0.3, 0.4) is 0 Å². The lowest BCUT2D eigenvalue weighted by Crippen LogP contribution is -2.09. The summed E-state index contributed by atoms with van der Waals surface area (Å²) in [6.07, 6.45) is 1.57. The van der Waals surface area contributed by atoms with Gasteiger partial charge in [-0.2, -0.15) is 0 Å². The van der Waals surface area contributed by atoms with Gasteiger partial charge in [-0.1, -0.05) is 32.0 Å². The molecule has 0 aliphatic carbocycles. The van der Waals surface area contributed by atoms with E-state index in [0.717, 1.165) is 23.9 Å². The van der Waals surface area contributed by atoms with Crippen LogP contribution in [-0.4, -0.2) is 16.5 Å². The lowest BCUT2D eigenvalue weighted by Gasteiger charge is -2.11. The van der Waals surface area contributed by atoms with Crippen molar-refractivity contribution in [2.24, 2.45) is 5.92 Å². The van der Waals surface area contributed by atoms with E-state index in [1.807, 2.05) is 24.3 Å². The van der Waals surface area contributed by atoms with Crippen molar-refractivity contribution in [3.8, 4) is 0 Å². The van der Waals surface area contributed by atoms with E-state index in [0.29, 0.717) is 5.92 Å². The van der Waals surface area contributed by atoms with E-state index in [2.05, 4.69) is 47.4 Å². The molecule has 0 radical (unpaired) electrons. The van der Waals surface area contributed by atoms with Gasteiger partial charge in [-0.05, 0) is 24.5 Å². The van der Waals surface area contributed by atoms with Crippen molar-refractivity contribution < 1.29 is 0 Å². The third kappa shape index (κ3) is 3.95. The molecular formula is C15H20N4. The highest BCUT2D eigenvalue weighted by molar-refractivity contribution is 5.61. The molecule has 1 aromatic heterocycles. The van der Waals surface area contributed by atoms with Crippen molar-refractivity contribution in [2.45, 2.75) is 20.8 Å². The maximum atomic E-state index is 4.24. The highest BCUT2D eigenvalue weighted by Gasteiger charge is 2.02. The molecule has 2 rings (SSSR count). The molecule has 4 nitrogen and oxygen atoms in total. The zero-order valence-electron chi connectivity index (χ0n) is 11.6.